The first kappa shape index (κ1) is 13.3. The average molecular weight is 271 g/mol. The Labute approximate surface area is 107 Å². The Kier molecular flexibility index (Phi) is 3.89. The fourth-order valence-corrected chi connectivity index (χ4v) is 3.68. The Morgan fingerprint density at radius 1 is 1.33 bits per heavy atom. The van der Waals surface area contributed by atoms with Gasteiger partial charge in [0.1, 0.15) is 5.75 Å². The van der Waals surface area contributed by atoms with Crippen molar-refractivity contribution in [1.29, 1.82) is 0 Å². The molecule has 5 nitrogen and oxygen atoms in total. The van der Waals surface area contributed by atoms with Gasteiger partial charge in [0.25, 0.3) is 0 Å². The molecule has 1 heterocycles. The molecule has 0 radical (unpaired) electrons. The number of methoxy groups -OCH3 is 1. The minimum atomic E-state index is -3.43. The fraction of sp³-hybridized carbons (Fsp3) is 0.500. The van der Waals surface area contributed by atoms with Crippen LogP contribution in [0.25, 0.3) is 0 Å². The van der Waals surface area contributed by atoms with Gasteiger partial charge >= 0.3 is 0 Å². The highest BCUT2D eigenvalue weighted by molar-refractivity contribution is 7.89. The molecule has 0 unspecified atom stereocenters. The molecule has 6 heteroatoms. The summed E-state index contributed by atoms with van der Waals surface area (Å²) in [7, 11) is -1.94. The number of aliphatic hydroxyl groups excluding tert-OH is 1. The van der Waals surface area contributed by atoms with Gasteiger partial charge in [0.15, 0.2) is 0 Å². The number of hydrogen-bond donors (Lipinski definition) is 1. The van der Waals surface area contributed by atoms with Crippen molar-refractivity contribution in [3.05, 3.63) is 23.8 Å². The predicted molar refractivity (Wildman–Crippen MR) is 66.9 cm³/mol. The second-order valence-electron chi connectivity index (χ2n) is 4.24. The molecular weight excluding hydrogens is 254 g/mol. The van der Waals surface area contributed by atoms with E-state index in [4.69, 9.17) is 4.74 Å². The number of nitrogens with zero attached hydrogens (tertiary/aromatic N) is 1. The molecule has 0 amide bonds. The molecule has 0 spiro atoms. The van der Waals surface area contributed by atoms with Crippen molar-refractivity contribution in [3.8, 4) is 5.75 Å². The Hall–Kier alpha value is -1.11. The summed E-state index contributed by atoms with van der Waals surface area (Å²) in [6.45, 7) is 0.901. The van der Waals surface area contributed by atoms with Gasteiger partial charge in [-0.1, -0.05) is 0 Å². The summed E-state index contributed by atoms with van der Waals surface area (Å²) >= 11 is 0. The molecule has 1 saturated heterocycles. The molecule has 0 atom stereocenters. The van der Waals surface area contributed by atoms with E-state index < -0.39 is 10.0 Å². The zero-order chi connectivity index (χ0) is 13.2. The maximum absolute atomic E-state index is 12.3. The minimum absolute atomic E-state index is 0.217. The second-order valence-corrected chi connectivity index (χ2v) is 6.18. The standard InChI is InChI=1S/C12H17NO4S/c1-17-12-5-4-11(8-10(12)9-14)18(15,16)13-6-2-3-7-13/h4-5,8,14H,2-3,6-7,9H2,1H3. The lowest BCUT2D eigenvalue weighted by molar-refractivity contribution is 0.273. The number of sulfonamides is 1. The number of rotatable bonds is 4. The van der Waals surface area contributed by atoms with E-state index >= 15 is 0 Å². The highest BCUT2D eigenvalue weighted by Gasteiger charge is 2.27. The molecule has 1 fully saturated rings. The molecule has 1 aliphatic rings. The monoisotopic (exact) mass is 271 g/mol. The fourth-order valence-electron chi connectivity index (χ4n) is 2.12. The van der Waals surface area contributed by atoms with E-state index in [1.54, 1.807) is 6.07 Å². The topological polar surface area (TPSA) is 66.8 Å². The normalized spacial score (nSPS) is 17.0. The van der Waals surface area contributed by atoms with Crippen molar-refractivity contribution >= 4 is 10.0 Å². The molecule has 1 N–H and O–H groups in total. The lowest BCUT2D eigenvalue weighted by Gasteiger charge is -2.16. The van der Waals surface area contributed by atoms with Crippen LogP contribution in [0.3, 0.4) is 0 Å². The van der Waals surface area contributed by atoms with Crippen LogP contribution in [0.2, 0.25) is 0 Å². The van der Waals surface area contributed by atoms with E-state index in [-0.39, 0.29) is 11.5 Å². The largest absolute Gasteiger partial charge is 0.496 e. The molecule has 1 aromatic carbocycles. The summed E-state index contributed by atoms with van der Waals surface area (Å²) in [5, 5.41) is 9.22. The van der Waals surface area contributed by atoms with Crippen LogP contribution in [0.4, 0.5) is 0 Å². The Morgan fingerprint density at radius 3 is 2.56 bits per heavy atom. The van der Waals surface area contributed by atoms with E-state index in [0.717, 1.165) is 12.8 Å². The summed E-state index contributed by atoms with van der Waals surface area (Å²) in [5.74, 6) is 0.498. The molecule has 0 aliphatic carbocycles. The maximum Gasteiger partial charge on any atom is 0.243 e. The summed E-state index contributed by atoms with van der Waals surface area (Å²) in [4.78, 5) is 0.217. The lowest BCUT2D eigenvalue weighted by Crippen LogP contribution is -2.27. The smallest absolute Gasteiger partial charge is 0.243 e. The van der Waals surface area contributed by atoms with Crippen LogP contribution >= 0.6 is 0 Å². The highest BCUT2D eigenvalue weighted by Crippen LogP contribution is 2.26. The van der Waals surface area contributed by atoms with Crippen LogP contribution in [0.15, 0.2) is 23.1 Å². The maximum atomic E-state index is 12.3. The number of aliphatic hydroxyl groups is 1. The minimum Gasteiger partial charge on any atom is -0.496 e. The zero-order valence-electron chi connectivity index (χ0n) is 10.3. The Morgan fingerprint density at radius 2 is 2.00 bits per heavy atom. The Balaban J connectivity index is 2.38. The SMILES string of the molecule is COc1ccc(S(=O)(=O)N2CCCC2)cc1CO. The van der Waals surface area contributed by atoms with Crippen LogP contribution in [-0.2, 0) is 16.6 Å². The quantitative estimate of drug-likeness (QED) is 0.886. The molecule has 1 aromatic rings. The van der Waals surface area contributed by atoms with Crippen molar-refractivity contribution in [1.82, 2.24) is 4.31 Å². The van der Waals surface area contributed by atoms with Crippen molar-refractivity contribution in [2.24, 2.45) is 0 Å². The third-order valence-electron chi connectivity index (χ3n) is 3.13. The molecule has 1 aliphatic heterocycles. The van der Waals surface area contributed by atoms with Gasteiger partial charge in [-0.05, 0) is 31.0 Å². The van der Waals surface area contributed by atoms with Crippen LogP contribution in [0.1, 0.15) is 18.4 Å². The summed E-state index contributed by atoms with van der Waals surface area (Å²) in [6.07, 6.45) is 1.81. The first-order valence-corrected chi connectivity index (χ1v) is 7.31. The third-order valence-corrected chi connectivity index (χ3v) is 5.02. The number of benzene rings is 1. The first-order chi connectivity index (χ1) is 8.59. The van der Waals surface area contributed by atoms with Gasteiger partial charge in [-0.15, -0.1) is 0 Å². The molecular formula is C12H17NO4S. The van der Waals surface area contributed by atoms with E-state index in [1.165, 1.54) is 23.5 Å². The van der Waals surface area contributed by atoms with Crippen molar-refractivity contribution in [2.75, 3.05) is 20.2 Å². The van der Waals surface area contributed by atoms with Gasteiger partial charge in [-0.3, -0.25) is 0 Å². The lowest BCUT2D eigenvalue weighted by atomic mass is 10.2. The van der Waals surface area contributed by atoms with E-state index in [0.29, 0.717) is 24.4 Å². The first-order valence-electron chi connectivity index (χ1n) is 5.87. The van der Waals surface area contributed by atoms with Crippen molar-refractivity contribution < 1.29 is 18.3 Å². The average Bonchev–Trinajstić information content (AvgIpc) is 2.92. The number of ether oxygens (including phenoxy) is 1. The molecule has 100 valence electrons. The van der Waals surface area contributed by atoms with Gasteiger partial charge in [-0.25, -0.2) is 8.42 Å². The van der Waals surface area contributed by atoms with Crippen LogP contribution < -0.4 is 4.74 Å². The van der Waals surface area contributed by atoms with Gasteiger partial charge in [0, 0.05) is 18.7 Å². The molecule has 0 bridgehead atoms. The summed E-state index contributed by atoms with van der Waals surface area (Å²) < 4.78 is 31.2. The summed E-state index contributed by atoms with van der Waals surface area (Å²) in [6, 6.07) is 4.58. The van der Waals surface area contributed by atoms with E-state index in [9.17, 15) is 13.5 Å². The van der Waals surface area contributed by atoms with Crippen LogP contribution in [0, 0.1) is 0 Å². The second kappa shape index (κ2) is 5.26. The van der Waals surface area contributed by atoms with Crippen LogP contribution in [0.5, 0.6) is 5.75 Å². The van der Waals surface area contributed by atoms with E-state index in [1.807, 2.05) is 0 Å². The Bertz CT molecular complexity index is 521. The van der Waals surface area contributed by atoms with Gasteiger partial charge in [0.05, 0.1) is 18.6 Å². The van der Waals surface area contributed by atoms with Crippen molar-refractivity contribution in [2.45, 2.75) is 24.3 Å². The highest BCUT2D eigenvalue weighted by atomic mass is 32.2. The molecule has 0 saturated carbocycles. The number of hydrogen-bond acceptors (Lipinski definition) is 4. The molecule has 2 rings (SSSR count). The van der Waals surface area contributed by atoms with Gasteiger partial charge in [-0.2, -0.15) is 4.31 Å². The van der Waals surface area contributed by atoms with E-state index in [2.05, 4.69) is 0 Å². The van der Waals surface area contributed by atoms with Gasteiger partial charge < -0.3 is 9.84 Å². The van der Waals surface area contributed by atoms with Gasteiger partial charge in [0.2, 0.25) is 10.0 Å². The predicted octanol–water partition coefficient (Wildman–Crippen LogP) is 0.972. The van der Waals surface area contributed by atoms with Crippen molar-refractivity contribution in [3.63, 3.8) is 0 Å². The third kappa shape index (κ3) is 2.36. The van der Waals surface area contributed by atoms with Crippen LogP contribution in [-0.4, -0.2) is 38.0 Å². The molecule has 0 aromatic heterocycles. The molecule has 18 heavy (non-hydrogen) atoms. The zero-order valence-corrected chi connectivity index (χ0v) is 11.1. The summed E-state index contributed by atoms with van der Waals surface area (Å²) in [5.41, 5.74) is 0.484.